The molecule has 2 rings (SSSR count). The molecule has 104 valence electrons. The summed E-state index contributed by atoms with van der Waals surface area (Å²) in [6.45, 7) is 4.42. The number of benzene rings is 2. The number of carbonyl (C=O) groups is 1. The Bertz CT molecular complexity index is 620. The largest absolute Gasteiger partial charge is 0.461 e. The summed E-state index contributed by atoms with van der Waals surface area (Å²) in [5, 5.41) is 0. The highest BCUT2D eigenvalue weighted by atomic mass is 16.5. The van der Waals surface area contributed by atoms with E-state index in [0.29, 0.717) is 12.3 Å². The first kappa shape index (κ1) is 14.1. The molecule has 0 radical (unpaired) electrons. The fraction of sp³-hybridized carbons (Fsp3) is 0.235. The van der Waals surface area contributed by atoms with Crippen molar-refractivity contribution in [3.8, 4) is 0 Å². The molecule has 2 aromatic rings. The van der Waals surface area contributed by atoms with Crippen LogP contribution >= 0.6 is 0 Å². The zero-order chi connectivity index (χ0) is 14.5. The van der Waals surface area contributed by atoms with Crippen LogP contribution in [0.5, 0.6) is 0 Å². The second-order valence-corrected chi connectivity index (χ2v) is 5.00. The van der Waals surface area contributed by atoms with Crippen LogP contribution in [0.15, 0.2) is 42.5 Å². The maximum Gasteiger partial charge on any atom is 0.310 e. The van der Waals surface area contributed by atoms with Gasteiger partial charge in [-0.1, -0.05) is 30.3 Å². The van der Waals surface area contributed by atoms with Gasteiger partial charge < -0.3 is 10.5 Å². The molecule has 0 saturated heterocycles. The molecule has 0 bridgehead atoms. The number of nitrogen functional groups attached to an aromatic ring is 1. The first-order valence-corrected chi connectivity index (χ1v) is 6.61. The summed E-state index contributed by atoms with van der Waals surface area (Å²) in [6, 6.07) is 13.4. The first-order valence-electron chi connectivity index (χ1n) is 6.61. The van der Waals surface area contributed by atoms with Crippen molar-refractivity contribution in [2.75, 3.05) is 5.73 Å². The lowest BCUT2D eigenvalue weighted by Crippen LogP contribution is -2.08. The molecule has 0 aliphatic heterocycles. The Balaban J connectivity index is 1.90. The van der Waals surface area contributed by atoms with Crippen LogP contribution in [0.25, 0.3) is 0 Å². The van der Waals surface area contributed by atoms with Crippen LogP contribution in [0, 0.1) is 13.8 Å². The van der Waals surface area contributed by atoms with Crippen molar-refractivity contribution in [3.05, 3.63) is 64.7 Å². The van der Waals surface area contributed by atoms with Crippen molar-refractivity contribution in [2.45, 2.75) is 26.9 Å². The van der Waals surface area contributed by atoms with Gasteiger partial charge in [0.1, 0.15) is 6.61 Å². The van der Waals surface area contributed by atoms with E-state index in [2.05, 4.69) is 6.92 Å². The normalized spacial score (nSPS) is 10.3. The van der Waals surface area contributed by atoms with Gasteiger partial charge in [-0.25, -0.2) is 0 Å². The van der Waals surface area contributed by atoms with Crippen molar-refractivity contribution in [1.82, 2.24) is 0 Å². The number of ether oxygens (including phenoxy) is 1. The maximum absolute atomic E-state index is 11.8. The van der Waals surface area contributed by atoms with Crippen LogP contribution in [0.2, 0.25) is 0 Å². The number of rotatable bonds is 4. The van der Waals surface area contributed by atoms with E-state index in [9.17, 15) is 4.79 Å². The minimum atomic E-state index is -0.242. The average Bonchev–Trinajstić information content (AvgIpc) is 2.40. The summed E-state index contributed by atoms with van der Waals surface area (Å²) < 4.78 is 5.29. The Morgan fingerprint density at radius 1 is 1.05 bits per heavy atom. The fourth-order valence-corrected chi connectivity index (χ4v) is 1.98. The monoisotopic (exact) mass is 269 g/mol. The predicted molar refractivity (Wildman–Crippen MR) is 80.3 cm³/mol. The van der Waals surface area contributed by atoms with Crippen LogP contribution < -0.4 is 5.73 Å². The van der Waals surface area contributed by atoms with Gasteiger partial charge in [0.2, 0.25) is 0 Å². The summed E-state index contributed by atoms with van der Waals surface area (Å²) in [7, 11) is 0. The number of hydrogen-bond donors (Lipinski definition) is 1. The van der Waals surface area contributed by atoms with Gasteiger partial charge in [-0.15, -0.1) is 0 Å². The second-order valence-electron chi connectivity index (χ2n) is 5.00. The zero-order valence-electron chi connectivity index (χ0n) is 11.8. The van der Waals surface area contributed by atoms with Crippen LogP contribution in [0.4, 0.5) is 5.69 Å². The molecule has 2 aromatic carbocycles. The second kappa shape index (κ2) is 6.24. The van der Waals surface area contributed by atoms with Gasteiger partial charge in [0, 0.05) is 5.69 Å². The van der Waals surface area contributed by atoms with E-state index < -0.39 is 0 Å². The standard InChI is InChI=1S/C17H19NO2/c1-12-6-7-15(8-13(12)2)11-20-17(19)10-14-4-3-5-16(18)9-14/h3-9H,10-11,18H2,1-2H3. The molecule has 0 aliphatic carbocycles. The number of esters is 1. The smallest absolute Gasteiger partial charge is 0.310 e. The summed E-state index contributed by atoms with van der Waals surface area (Å²) in [6.07, 6.45) is 0.246. The van der Waals surface area contributed by atoms with Gasteiger partial charge in [0.05, 0.1) is 6.42 Å². The van der Waals surface area contributed by atoms with Crippen molar-refractivity contribution in [2.24, 2.45) is 0 Å². The third kappa shape index (κ3) is 3.85. The van der Waals surface area contributed by atoms with Gasteiger partial charge in [-0.2, -0.15) is 0 Å². The number of nitrogens with two attached hydrogens (primary N) is 1. The quantitative estimate of drug-likeness (QED) is 0.685. The van der Waals surface area contributed by atoms with E-state index in [1.807, 2.05) is 37.3 Å². The van der Waals surface area contributed by atoms with Crippen molar-refractivity contribution in [1.29, 1.82) is 0 Å². The number of hydrogen-bond acceptors (Lipinski definition) is 3. The zero-order valence-corrected chi connectivity index (χ0v) is 11.8. The Morgan fingerprint density at radius 3 is 2.55 bits per heavy atom. The molecule has 0 amide bonds. The molecule has 0 unspecified atom stereocenters. The third-order valence-electron chi connectivity index (χ3n) is 3.27. The van der Waals surface area contributed by atoms with E-state index in [0.717, 1.165) is 11.1 Å². The molecule has 0 atom stereocenters. The number of anilines is 1. The highest BCUT2D eigenvalue weighted by molar-refractivity contribution is 5.73. The Kier molecular flexibility index (Phi) is 4.41. The molecule has 20 heavy (non-hydrogen) atoms. The summed E-state index contributed by atoms with van der Waals surface area (Å²) in [5.74, 6) is -0.242. The lowest BCUT2D eigenvalue weighted by atomic mass is 10.1. The van der Waals surface area contributed by atoms with Crippen molar-refractivity contribution in [3.63, 3.8) is 0 Å². The van der Waals surface area contributed by atoms with Gasteiger partial charge in [0.25, 0.3) is 0 Å². The van der Waals surface area contributed by atoms with E-state index >= 15 is 0 Å². The third-order valence-corrected chi connectivity index (χ3v) is 3.27. The molecule has 0 aliphatic rings. The van der Waals surface area contributed by atoms with Gasteiger partial charge in [-0.05, 0) is 48.2 Å². The number of carbonyl (C=O) groups excluding carboxylic acids is 1. The van der Waals surface area contributed by atoms with Crippen LogP contribution in [0.3, 0.4) is 0 Å². The van der Waals surface area contributed by atoms with Gasteiger partial charge in [-0.3, -0.25) is 4.79 Å². The lowest BCUT2D eigenvalue weighted by Gasteiger charge is -2.07. The van der Waals surface area contributed by atoms with E-state index in [1.165, 1.54) is 11.1 Å². The molecule has 0 saturated carbocycles. The summed E-state index contributed by atoms with van der Waals surface area (Å²) in [4.78, 5) is 11.8. The molecule has 0 fully saturated rings. The fourth-order valence-electron chi connectivity index (χ4n) is 1.98. The van der Waals surface area contributed by atoms with Crippen LogP contribution in [-0.4, -0.2) is 5.97 Å². The topological polar surface area (TPSA) is 52.3 Å². The first-order chi connectivity index (χ1) is 9.54. The number of aryl methyl sites for hydroxylation is 2. The lowest BCUT2D eigenvalue weighted by molar-refractivity contribution is -0.144. The highest BCUT2D eigenvalue weighted by Crippen LogP contribution is 2.12. The minimum absolute atomic E-state index is 0.242. The summed E-state index contributed by atoms with van der Waals surface area (Å²) >= 11 is 0. The average molecular weight is 269 g/mol. The molecule has 0 heterocycles. The molecule has 3 nitrogen and oxygen atoms in total. The van der Waals surface area contributed by atoms with Gasteiger partial charge in [0.15, 0.2) is 0 Å². The van der Waals surface area contributed by atoms with Crippen molar-refractivity contribution >= 4 is 11.7 Å². The minimum Gasteiger partial charge on any atom is -0.461 e. The highest BCUT2D eigenvalue weighted by Gasteiger charge is 2.06. The Morgan fingerprint density at radius 2 is 1.85 bits per heavy atom. The summed E-state index contributed by atoms with van der Waals surface area (Å²) in [5.41, 5.74) is 10.7. The molecule has 2 N–H and O–H groups in total. The van der Waals surface area contributed by atoms with Crippen molar-refractivity contribution < 1.29 is 9.53 Å². The molecular weight excluding hydrogens is 250 g/mol. The van der Waals surface area contributed by atoms with E-state index in [-0.39, 0.29) is 12.4 Å². The maximum atomic E-state index is 11.8. The van der Waals surface area contributed by atoms with Gasteiger partial charge >= 0.3 is 5.97 Å². The SMILES string of the molecule is Cc1ccc(COC(=O)Cc2cccc(N)c2)cc1C. The van der Waals surface area contributed by atoms with E-state index in [4.69, 9.17) is 10.5 Å². The predicted octanol–water partition coefficient (Wildman–Crippen LogP) is 3.17. The Hall–Kier alpha value is -2.29. The van der Waals surface area contributed by atoms with E-state index in [1.54, 1.807) is 12.1 Å². The van der Waals surface area contributed by atoms with Crippen LogP contribution in [-0.2, 0) is 22.6 Å². The molecular formula is C17H19NO2. The molecule has 0 aromatic heterocycles. The van der Waals surface area contributed by atoms with Crippen LogP contribution in [0.1, 0.15) is 22.3 Å². The molecule has 3 heteroatoms. The Labute approximate surface area is 119 Å². The molecule has 0 spiro atoms.